The first-order valence-corrected chi connectivity index (χ1v) is 7.13. The van der Waals surface area contributed by atoms with E-state index in [4.69, 9.17) is 5.73 Å². The molecule has 102 valence electrons. The molecule has 1 amide bonds. The quantitative estimate of drug-likeness (QED) is 0.820. The van der Waals surface area contributed by atoms with Crippen LogP contribution in [0.1, 0.15) is 29.6 Å². The first-order valence-electron chi connectivity index (χ1n) is 7.13. The van der Waals surface area contributed by atoms with Crippen LogP contribution in [0.2, 0.25) is 0 Å². The van der Waals surface area contributed by atoms with Gasteiger partial charge >= 0.3 is 0 Å². The molecule has 4 heteroatoms. The second-order valence-corrected chi connectivity index (χ2v) is 5.54. The molecule has 1 aromatic rings. The van der Waals surface area contributed by atoms with Crippen molar-refractivity contribution in [2.24, 2.45) is 0 Å². The Labute approximate surface area is 114 Å². The predicted octanol–water partition coefficient (Wildman–Crippen LogP) is 1.58. The van der Waals surface area contributed by atoms with Crippen LogP contribution in [0.3, 0.4) is 0 Å². The first-order chi connectivity index (χ1) is 9.24. The molecule has 1 aliphatic heterocycles. The number of hydrogen-bond acceptors (Lipinski definition) is 3. The van der Waals surface area contributed by atoms with Crippen LogP contribution in [0.15, 0.2) is 24.3 Å². The Balaban J connectivity index is 1.60. The van der Waals surface area contributed by atoms with Gasteiger partial charge in [-0.25, -0.2) is 0 Å². The number of carbonyl (C=O) groups excluding carboxylic acids is 1. The smallest absolute Gasteiger partial charge is 0.254 e. The van der Waals surface area contributed by atoms with Gasteiger partial charge in [-0.15, -0.1) is 0 Å². The molecule has 0 atom stereocenters. The number of rotatable bonds is 2. The van der Waals surface area contributed by atoms with Crippen molar-refractivity contribution >= 4 is 11.6 Å². The van der Waals surface area contributed by atoms with Gasteiger partial charge in [0, 0.05) is 43.5 Å². The summed E-state index contributed by atoms with van der Waals surface area (Å²) in [6, 6.07) is 8.04. The van der Waals surface area contributed by atoms with Gasteiger partial charge in [0.2, 0.25) is 0 Å². The first kappa shape index (κ1) is 12.5. The summed E-state index contributed by atoms with van der Waals surface area (Å²) in [5.74, 6) is 0.112. The van der Waals surface area contributed by atoms with Crippen LogP contribution in [0.25, 0.3) is 0 Å². The highest BCUT2D eigenvalue weighted by molar-refractivity contribution is 5.95. The lowest BCUT2D eigenvalue weighted by atomic mass is 9.91. The number of nitrogens with zero attached hydrogens (tertiary/aromatic N) is 2. The molecule has 0 aromatic heterocycles. The second kappa shape index (κ2) is 5.21. The van der Waals surface area contributed by atoms with E-state index in [1.165, 1.54) is 19.3 Å². The van der Waals surface area contributed by atoms with Gasteiger partial charge in [0.1, 0.15) is 0 Å². The molecule has 2 aliphatic rings. The fraction of sp³-hybridized carbons (Fsp3) is 0.533. The Morgan fingerprint density at radius 3 is 2.47 bits per heavy atom. The molecule has 1 aromatic carbocycles. The van der Waals surface area contributed by atoms with Crippen molar-refractivity contribution in [2.45, 2.75) is 25.3 Å². The molecule has 0 unspecified atom stereocenters. The van der Waals surface area contributed by atoms with E-state index in [-0.39, 0.29) is 5.91 Å². The molecule has 0 spiro atoms. The van der Waals surface area contributed by atoms with Gasteiger partial charge in [-0.2, -0.15) is 0 Å². The maximum atomic E-state index is 12.4. The molecule has 0 radical (unpaired) electrons. The van der Waals surface area contributed by atoms with Gasteiger partial charge in [0.25, 0.3) is 5.91 Å². The largest absolute Gasteiger partial charge is 0.399 e. The summed E-state index contributed by atoms with van der Waals surface area (Å²) in [4.78, 5) is 16.8. The summed E-state index contributed by atoms with van der Waals surface area (Å²) >= 11 is 0. The average Bonchev–Trinajstić information content (AvgIpc) is 2.37. The zero-order chi connectivity index (χ0) is 13.2. The maximum Gasteiger partial charge on any atom is 0.254 e. The third kappa shape index (κ3) is 2.59. The van der Waals surface area contributed by atoms with Crippen LogP contribution in [-0.4, -0.2) is 47.9 Å². The minimum atomic E-state index is 0.112. The highest BCUT2D eigenvalue weighted by Gasteiger charge is 2.29. The average molecular weight is 259 g/mol. The highest BCUT2D eigenvalue weighted by Crippen LogP contribution is 2.25. The van der Waals surface area contributed by atoms with Crippen LogP contribution in [0.5, 0.6) is 0 Å². The number of carbonyl (C=O) groups is 1. The van der Waals surface area contributed by atoms with Gasteiger partial charge in [-0.05, 0) is 31.0 Å². The fourth-order valence-electron chi connectivity index (χ4n) is 2.90. The molecule has 4 nitrogen and oxygen atoms in total. The number of nitrogen functional groups attached to an aromatic ring is 1. The van der Waals surface area contributed by atoms with Crippen molar-refractivity contribution in [3.05, 3.63) is 29.8 Å². The van der Waals surface area contributed by atoms with E-state index in [2.05, 4.69) is 4.90 Å². The molecule has 0 bridgehead atoms. The molecular formula is C15H21N3O. The molecule has 2 N–H and O–H groups in total. The zero-order valence-corrected chi connectivity index (χ0v) is 11.2. The zero-order valence-electron chi connectivity index (χ0n) is 11.2. The van der Waals surface area contributed by atoms with Crippen molar-refractivity contribution in [1.29, 1.82) is 0 Å². The predicted molar refractivity (Wildman–Crippen MR) is 76.0 cm³/mol. The summed E-state index contributed by atoms with van der Waals surface area (Å²) in [5.41, 5.74) is 7.09. The SMILES string of the molecule is Nc1cccc(C(=O)N2CCN(C3CCC3)CC2)c1. The van der Waals surface area contributed by atoms with Crippen molar-refractivity contribution in [3.63, 3.8) is 0 Å². The number of amides is 1. The van der Waals surface area contributed by atoms with Crippen molar-refractivity contribution in [2.75, 3.05) is 31.9 Å². The lowest BCUT2D eigenvalue weighted by molar-refractivity contribution is 0.0455. The van der Waals surface area contributed by atoms with Gasteiger partial charge in [-0.3, -0.25) is 9.69 Å². The van der Waals surface area contributed by atoms with Crippen molar-refractivity contribution < 1.29 is 4.79 Å². The van der Waals surface area contributed by atoms with Crippen molar-refractivity contribution in [1.82, 2.24) is 9.80 Å². The molecular weight excluding hydrogens is 238 g/mol. The number of anilines is 1. The summed E-state index contributed by atoms with van der Waals surface area (Å²) in [6.07, 6.45) is 4.04. The Morgan fingerprint density at radius 2 is 1.89 bits per heavy atom. The number of piperazine rings is 1. The van der Waals surface area contributed by atoms with E-state index in [9.17, 15) is 4.79 Å². The van der Waals surface area contributed by atoms with Crippen LogP contribution in [0.4, 0.5) is 5.69 Å². The third-order valence-electron chi connectivity index (χ3n) is 4.33. The fourth-order valence-corrected chi connectivity index (χ4v) is 2.90. The summed E-state index contributed by atoms with van der Waals surface area (Å²) in [7, 11) is 0. The summed E-state index contributed by atoms with van der Waals surface area (Å²) in [6.45, 7) is 3.70. The minimum absolute atomic E-state index is 0.112. The van der Waals surface area contributed by atoms with Gasteiger partial charge in [-0.1, -0.05) is 12.5 Å². The Morgan fingerprint density at radius 1 is 1.16 bits per heavy atom. The standard InChI is InChI=1S/C15H21N3O/c16-13-4-1-3-12(11-13)15(19)18-9-7-17(8-10-18)14-5-2-6-14/h1,3-4,11,14H,2,5-10,16H2. The Kier molecular flexibility index (Phi) is 3.42. The number of benzene rings is 1. The van der Waals surface area contributed by atoms with Crippen LogP contribution in [-0.2, 0) is 0 Å². The van der Waals surface area contributed by atoms with Gasteiger partial charge in [0.05, 0.1) is 0 Å². The topological polar surface area (TPSA) is 49.6 Å². The lowest BCUT2D eigenvalue weighted by Gasteiger charge is -2.42. The van der Waals surface area contributed by atoms with E-state index in [0.29, 0.717) is 11.3 Å². The van der Waals surface area contributed by atoms with Gasteiger partial charge in [0.15, 0.2) is 0 Å². The third-order valence-corrected chi connectivity index (χ3v) is 4.33. The number of nitrogens with two attached hydrogens (primary N) is 1. The molecule has 1 saturated carbocycles. The lowest BCUT2D eigenvalue weighted by Crippen LogP contribution is -2.53. The second-order valence-electron chi connectivity index (χ2n) is 5.54. The van der Waals surface area contributed by atoms with E-state index < -0.39 is 0 Å². The highest BCUT2D eigenvalue weighted by atomic mass is 16.2. The summed E-state index contributed by atoms with van der Waals surface area (Å²) in [5, 5.41) is 0. The van der Waals surface area contributed by atoms with Crippen LogP contribution >= 0.6 is 0 Å². The number of hydrogen-bond donors (Lipinski definition) is 1. The van der Waals surface area contributed by atoms with E-state index in [0.717, 1.165) is 32.2 Å². The molecule has 1 heterocycles. The Bertz CT molecular complexity index is 462. The minimum Gasteiger partial charge on any atom is -0.399 e. The molecule has 3 rings (SSSR count). The van der Waals surface area contributed by atoms with Crippen molar-refractivity contribution in [3.8, 4) is 0 Å². The normalized spacial score (nSPS) is 21.2. The molecule has 19 heavy (non-hydrogen) atoms. The van der Waals surface area contributed by atoms with Crippen LogP contribution < -0.4 is 5.73 Å². The van der Waals surface area contributed by atoms with E-state index in [1.54, 1.807) is 6.07 Å². The van der Waals surface area contributed by atoms with Crippen LogP contribution in [0, 0.1) is 0 Å². The van der Waals surface area contributed by atoms with Gasteiger partial charge < -0.3 is 10.6 Å². The van der Waals surface area contributed by atoms with E-state index >= 15 is 0 Å². The molecule has 1 saturated heterocycles. The molecule has 1 aliphatic carbocycles. The van der Waals surface area contributed by atoms with E-state index in [1.807, 2.05) is 23.1 Å². The maximum absolute atomic E-state index is 12.4. The monoisotopic (exact) mass is 259 g/mol. The Hall–Kier alpha value is -1.55. The summed E-state index contributed by atoms with van der Waals surface area (Å²) < 4.78 is 0. The molecule has 2 fully saturated rings.